The van der Waals surface area contributed by atoms with Crippen molar-refractivity contribution < 1.29 is 4.21 Å². The van der Waals surface area contributed by atoms with E-state index in [4.69, 9.17) is 0 Å². The molecule has 3 heteroatoms. The monoisotopic (exact) mass is 231 g/mol. The maximum absolute atomic E-state index is 12.0. The zero-order valence-corrected chi connectivity index (χ0v) is 11.1. The van der Waals surface area contributed by atoms with Crippen LogP contribution in [0.15, 0.2) is 0 Å². The van der Waals surface area contributed by atoms with Crippen molar-refractivity contribution in [3.05, 3.63) is 0 Å². The van der Waals surface area contributed by atoms with Gasteiger partial charge < -0.3 is 5.32 Å². The molecule has 0 aliphatic heterocycles. The zero-order chi connectivity index (χ0) is 11.3. The number of nitrogens with one attached hydrogen (secondary N) is 1. The molecule has 1 fully saturated rings. The number of rotatable bonds is 6. The lowest BCUT2D eigenvalue weighted by Crippen LogP contribution is -2.38. The molecule has 0 spiro atoms. The zero-order valence-electron chi connectivity index (χ0n) is 10.3. The van der Waals surface area contributed by atoms with Gasteiger partial charge in [0, 0.05) is 27.8 Å². The van der Waals surface area contributed by atoms with Gasteiger partial charge in [0.25, 0.3) is 0 Å². The third-order valence-electron chi connectivity index (χ3n) is 3.71. The van der Waals surface area contributed by atoms with Gasteiger partial charge in [0.2, 0.25) is 0 Å². The van der Waals surface area contributed by atoms with Gasteiger partial charge in [-0.1, -0.05) is 26.7 Å². The molecule has 0 aromatic rings. The average Bonchev–Trinajstić information content (AvgIpc) is 2.77. The number of hydrogen-bond acceptors (Lipinski definition) is 2. The number of hydrogen-bond donors (Lipinski definition) is 1. The smallest absolute Gasteiger partial charge is 0.0394 e. The molecular weight excluding hydrogens is 206 g/mol. The van der Waals surface area contributed by atoms with E-state index in [9.17, 15) is 4.21 Å². The molecule has 0 amide bonds. The minimum absolute atomic E-state index is 0.349. The second-order valence-electron chi connectivity index (χ2n) is 4.71. The predicted molar refractivity (Wildman–Crippen MR) is 67.6 cm³/mol. The van der Waals surface area contributed by atoms with Crippen LogP contribution in [0, 0.1) is 5.92 Å². The summed E-state index contributed by atoms with van der Waals surface area (Å²) in [6, 6.07) is 0.474. The molecule has 0 heterocycles. The molecule has 90 valence electrons. The first-order valence-corrected chi connectivity index (χ1v) is 7.61. The van der Waals surface area contributed by atoms with Crippen molar-refractivity contribution in [2.75, 3.05) is 12.8 Å². The van der Waals surface area contributed by atoms with Crippen molar-refractivity contribution in [2.45, 2.75) is 57.2 Å². The fraction of sp³-hybridized carbons (Fsp3) is 1.00. The van der Waals surface area contributed by atoms with Gasteiger partial charge in [-0.15, -0.1) is 0 Å². The molecule has 3 atom stereocenters. The first kappa shape index (κ1) is 13.2. The van der Waals surface area contributed by atoms with Gasteiger partial charge in [-0.05, 0) is 32.2 Å². The molecule has 0 saturated heterocycles. The summed E-state index contributed by atoms with van der Waals surface area (Å²) in [4.78, 5) is 0. The van der Waals surface area contributed by atoms with E-state index in [-0.39, 0.29) is 0 Å². The molecule has 1 aliphatic rings. The van der Waals surface area contributed by atoms with Gasteiger partial charge in [0.1, 0.15) is 0 Å². The summed E-state index contributed by atoms with van der Waals surface area (Å²) in [5, 5.41) is 3.71. The van der Waals surface area contributed by atoms with E-state index in [1.54, 1.807) is 0 Å². The third-order valence-corrected chi connectivity index (χ3v) is 5.63. The summed E-state index contributed by atoms with van der Waals surface area (Å²) in [5.41, 5.74) is 0. The van der Waals surface area contributed by atoms with Gasteiger partial charge in [-0.25, -0.2) is 0 Å². The van der Waals surface area contributed by atoms with Crippen LogP contribution in [0.3, 0.4) is 0 Å². The highest BCUT2D eigenvalue weighted by Gasteiger charge is 2.26. The maximum atomic E-state index is 12.0. The van der Waals surface area contributed by atoms with E-state index in [1.807, 2.05) is 7.05 Å². The van der Waals surface area contributed by atoms with E-state index < -0.39 is 10.8 Å². The van der Waals surface area contributed by atoms with Crippen LogP contribution in [0.25, 0.3) is 0 Å². The van der Waals surface area contributed by atoms with Crippen molar-refractivity contribution in [1.29, 1.82) is 0 Å². The Balaban J connectivity index is 2.41. The van der Waals surface area contributed by atoms with Crippen LogP contribution in [0.4, 0.5) is 0 Å². The molecule has 1 saturated carbocycles. The molecule has 0 aromatic carbocycles. The van der Waals surface area contributed by atoms with Crippen molar-refractivity contribution in [3.8, 4) is 0 Å². The Bertz CT molecular complexity index is 202. The molecule has 1 rings (SSSR count). The molecule has 3 unspecified atom stereocenters. The van der Waals surface area contributed by atoms with Crippen LogP contribution in [0.2, 0.25) is 0 Å². The van der Waals surface area contributed by atoms with Crippen LogP contribution in [0.5, 0.6) is 0 Å². The maximum Gasteiger partial charge on any atom is 0.0394 e. The Morgan fingerprint density at radius 3 is 2.47 bits per heavy atom. The van der Waals surface area contributed by atoms with Gasteiger partial charge in [0.05, 0.1) is 0 Å². The fourth-order valence-corrected chi connectivity index (χ4v) is 3.84. The summed E-state index contributed by atoms with van der Waals surface area (Å²) in [6.45, 7) is 4.21. The first-order valence-electron chi connectivity index (χ1n) is 6.23. The molecule has 15 heavy (non-hydrogen) atoms. The summed E-state index contributed by atoms with van der Waals surface area (Å²) in [7, 11) is 1.36. The van der Waals surface area contributed by atoms with Crippen molar-refractivity contribution in [1.82, 2.24) is 5.32 Å². The lowest BCUT2D eigenvalue weighted by molar-refractivity contribution is 0.407. The fourth-order valence-electron chi connectivity index (χ4n) is 2.34. The van der Waals surface area contributed by atoms with Gasteiger partial charge >= 0.3 is 0 Å². The molecule has 2 nitrogen and oxygen atoms in total. The van der Waals surface area contributed by atoms with E-state index in [0.717, 1.165) is 18.1 Å². The second-order valence-corrected chi connectivity index (χ2v) is 6.61. The quantitative estimate of drug-likeness (QED) is 0.760. The Morgan fingerprint density at radius 2 is 2.00 bits per heavy atom. The molecule has 0 radical (unpaired) electrons. The largest absolute Gasteiger partial charge is 0.316 e. The van der Waals surface area contributed by atoms with Gasteiger partial charge in [-0.3, -0.25) is 4.21 Å². The Morgan fingerprint density at radius 1 is 1.40 bits per heavy atom. The van der Waals surface area contributed by atoms with E-state index in [0.29, 0.717) is 11.3 Å². The van der Waals surface area contributed by atoms with Crippen LogP contribution >= 0.6 is 0 Å². The lowest BCUT2D eigenvalue weighted by atomic mass is 10.0. The van der Waals surface area contributed by atoms with E-state index in [2.05, 4.69) is 19.2 Å². The Labute approximate surface area is 96.7 Å². The highest BCUT2D eigenvalue weighted by atomic mass is 32.2. The average molecular weight is 231 g/mol. The first-order chi connectivity index (χ1) is 7.19. The summed E-state index contributed by atoms with van der Waals surface area (Å²) < 4.78 is 12.0. The minimum atomic E-state index is -0.653. The second kappa shape index (κ2) is 6.64. The molecule has 0 aromatic heterocycles. The molecule has 0 bridgehead atoms. The Hall–Kier alpha value is 0.110. The van der Waals surface area contributed by atoms with Gasteiger partial charge in [0.15, 0.2) is 0 Å². The summed E-state index contributed by atoms with van der Waals surface area (Å²) in [6.07, 6.45) is 6.39. The minimum Gasteiger partial charge on any atom is -0.316 e. The van der Waals surface area contributed by atoms with Gasteiger partial charge in [-0.2, -0.15) is 0 Å². The van der Waals surface area contributed by atoms with E-state index >= 15 is 0 Å². The molecule has 1 aliphatic carbocycles. The SMILES string of the molecule is CCC(C)S(=O)CC(NC)C1CCCC1. The molecular formula is C12H25NOS. The normalized spacial score (nSPS) is 23.9. The third kappa shape index (κ3) is 3.87. The predicted octanol–water partition coefficient (Wildman–Crippen LogP) is 2.31. The lowest BCUT2D eigenvalue weighted by Gasteiger charge is -2.23. The highest BCUT2D eigenvalue weighted by molar-refractivity contribution is 7.85. The standard InChI is InChI=1S/C12H25NOS/c1-4-10(2)15(14)9-12(13-3)11-7-5-6-8-11/h10-13H,4-9H2,1-3H3. The van der Waals surface area contributed by atoms with Crippen LogP contribution in [-0.2, 0) is 10.8 Å². The van der Waals surface area contributed by atoms with Crippen molar-refractivity contribution in [3.63, 3.8) is 0 Å². The van der Waals surface area contributed by atoms with E-state index in [1.165, 1.54) is 25.7 Å². The Kier molecular flexibility index (Phi) is 5.83. The highest BCUT2D eigenvalue weighted by Crippen LogP contribution is 2.28. The van der Waals surface area contributed by atoms with Crippen LogP contribution in [-0.4, -0.2) is 28.3 Å². The van der Waals surface area contributed by atoms with Crippen LogP contribution < -0.4 is 5.32 Å². The molecule has 1 N–H and O–H groups in total. The summed E-state index contributed by atoms with van der Waals surface area (Å²) in [5.74, 6) is 1.61. The van der Waals surface area contributed by atoms with Crippen LogP contribution in [0.1, 0.15) is 46.0 Å². The van der Waals surface area contributed by atoms with Crippen molar-refractivity contribution in [2.24, 2.45) is 5.92 Å². The van der Waals surface area contributed by atoms with Crippen molar-refractivity contribution >= 4 is 10.8 Å². The topological polar surface area (TPSA) is 29.1 Å². The summed E-state index contributed by atoms with van der Waals surface area (Å²) >= 11 is 0.